The molecule has 0 spiro atoms. The molecular formula is C23H22N2O5. The van der Waals surface area contributed by atoms with Gasteiger partial charge in [-0.05, 0) is 41.8 Å². The van der Waals surface area contributed by atoms with Gasteiger partial charge in [-0.25, -0.2) is 9.59 Å². The number of rotatable bonds is 9. The van der Waals surface area contributed by atoms with Crippen molar-refractivity contribution >= 4 is 17.8 Å². The molecule has 3 rings (SSSR count). The van der Waals surface area contributed by atoms with Gasteiger partial charge in [-0.3, -0.25) is 10.1 Å². The third-order valence-electron chi connectivity index (χ3n) is 4.49. The smallest absolute Gasteiger partial charge is 0.345 e. The Bertz CT molecular complexity index is 982. The molecule has 0 fully saturated rings. The van der Waals surface area contributed by atoms with E-state index in [0.717, 1.165) is 11.1 Å². The number of esters is 2. The van der Waals surface area contributed by atoms with Crippen molar-refractivity contribution in [1.82, 2.24) is 5.32 Å². The van der Waals surface area contributed by atoms with Crippen molar-refractivity contribution in [3.05, 3.63) is 84.3 Å². The third-order valence-corrected chi connectivity index (χ3v) is 4.49. The summed E-state index contributed by atoms with van der Waals surface area (Å²) in [7, 11) is 0. The topological polar surface area (TPSA) is 112 Å². The van der Waals surface area contributed by atoms with E-state index >= 15 is 0 Å². The zero-order chi connectivity index (χ0) is 21.3. The molecule has 7 nitrogen and oxygen atoms in total. The number of nitrogens with one attached hydrogen (secondary N) is 1. The summed E-state index contributed by atoms with van der Waals surface area (Å²) in [6.07, 6.45) is 1.59. The fourth-order valence-electron chi connectivity index (χ4n) is 2.88. The lowest BCUT2D eigenvalue weighted by Crippen LogP contribution is -2.39. The summed E-state index contributed by atoms with van der Waals surface area (Å²) in [5.41, 5.74) is 7.39. The lowest BCUT2D eigenvalue weighted by Gasteiger charge is -2.15. The first kappa shape index (κ1) is 21.0. The molecule has 0 bridgehead atoms. The number of carbonyl (C=O) groups excluding carboxylic acids is 3. The van der Waals surface area contributed by atoms with Gasteiger partial charge in [0.05, 0.1) is 18.4 Å². The molecule has 1 atom stereocenters. The summed E-state index contributed by atoms with van der Waals surface area (Å²) in [6.45, 7) is 0.242. The first-order chi connectivity index (χ1) is 14.5. The molecule has 0 radical (unpaired) electrons. The van der Waals surface area contributed by atoms with E-state index in [1.54, 1.807) is 36.4 Å². The summed E-state index contributed by atoms with van der Waals surface area (Å²) in [6, 6.07) is 19.1. The highest BCUT2D eigenvalue weighted by molar-refractivity contribution is 5.98. The molecule has 2 aromatic carbocycles. The van der Waals surface area contributed by atoms with E-state index in [4.69, 9.17) is 14.9 Å². The van der Waals surface area contributed by atoms with Crippen LogP contribution in [0.4, 0.5) is 0 Å². The molecule has 0 saturated heterocycles. The highest BCUT2D eigenvalue weighted by atomic mass is 16.6. The number of amides is 1. The Morgan fingerprint density at radius 2 is 1.63 bits per heavy atom. The molecule has 7 heteroatoms. The predicted octanol–water partition coefficient (Wildman–Crippen LogP) is 3.05. The van der Waals surface area contributed by atoms with Crippen molar-refractivity contribution in [2.45, 2.75) is 25.4 Å². The Hall–Kier alpha value is -3.71. The van der Waals surface area contributed by atoms with E-state index < -0.39 is 23.9 Å². The molecule has 154 valence electrons. The van der Waals surface area contributed by atoms with Crippen LogP contribution < -0.4 is 11.1 Å². The van der Waals surface area contributed by atoms with Crippen LogP contribution >= 0.6 is 0 Å². The highest BCUT2D eigenvalue weighted by Gasteiger charge is 2.24. The van der Waals surface area contributed by atoms with Crippen LogP contribution in [0.1, 0.15) is 29.0 Å². The van der Waals surface area contributed by atoms with Crippen molar-refractivity contribution in [3.8, 4) is 11.1 Å². The second-order valence-corrected chi connectivity index (χ2v) is 6.67. The minimum atomic E-state index is -0.879. The van der Waals surface area contributed by atoms with Crippen LogP contribution in [-0.2, 0) is 20.9 Å². The Labute approximate surface area is 173 Å². The van der Waals surface area contributed by atoms with E-state index in [2.05, 4.69) is 5.32 Å². The zero-order valence-corrected chi connectivity index (χ0v) is 16.2. The van der Waals surface area contributed by atoms with Crippen LogP contribution in [0.5, 0.6) is 0 Å². The predicted molar refractivity (Wildman–Crippen MR) is 110 cm³/mol. The Morgan fingerprint density at radius 3 is 2.27 bits per heavy atom. The largest absolute Gasteiger partial charge is 0.468 e. The Morgan fingerprint density at radius 1 is 0.933 bits per heavy atom. The third kappa shape index (κ3) is 5.89. The lowest BCUT2D eigenvalue weighted by molar-refractivity contribution is -0.140. The molecule has 0 saturated carbocycles. The summed E-state index contributed by atoms with van der Waals surface area (Å²) in [5.74, 6) is -1.48. The average molecular weight is 406 g/mol. The quantitative estimate of drug-likeness (QED) is 0.417. The van der Waals surface area contributed by atoms with E-state index in [1.807, 2.05) is 30.3 Å². The van der Waals surface area contributed by atoms with Crippen LogP contribution in [0.2, 0.25) is 0 Å². The van der Waals surface area contributed by atoms with E-state index in [-0.39, 0.29) is 24.9 Å². The molecule has 0 aliphatic rings. The normalized spacial score (nSPS) is 11.6. The van der Waals surface area contributed by atoms with Gasteiger partial charge in [-0.15, -0.1) is 0 Å². The standard InChI is InChI=1S/C23H22N2O5/c24-21(26)13-12-20(25-15-19-7-4-14-29-19)23(28)30-22(27)18-10-8-17(9-11-18)16-5-2-1-3-6-16/h1-11,14,20,25H,12-13,15H2,(H2,24,26)/t20-/m0/s1. The maximum Gasteiger partial charge on any atom is 0.345 e. The highest BCUT2D eigenvalue weighted by Crippen LogP contribution is 2.19. The molecule has 3 aromatic rings. The number of carbonyl (C=O) groups is 3. The number of ether oxygens (including phenoxy) is 1. The van der Waals surface area contributed by atoms with Crippen LogP contribution in [0.25, 0.3) is 11.1 Å². The van der Waals surface area contributed by atoms with Gasteiger partial charge < -0.3 is 14.9 Å². The molecule has 30 heavy (non-hydrogen) atoms. The van der Waals surface area contributed by atoms with E-state index in [9.17, 15) is 14.4 Å². The van der Waals surface area contributed by atoms with Gasteiger partial charge in [-0.1, -0.05) is 42.5 Å². The van der Waals surface area contributed by atoms with E-state index in [1.165, 1.54) is 6.26 Å². The van der Waals surface area contributed by atoms with Crippen molar-refractivity contribution in [2.24, 2.45) is 5.73 Å². The summed E-state index contributed by atoms with van der Waals surface area (Å²) >= 11 is 0. The molecule has 0 unspecified atom stereocenters. The van der Waals surface area contributed by atoms with Gasteiger partial charge >= 0.3 is 11.9 Å². The molecule has 1 heterocycles. The summed E-state index contributed by atoms with van der Waals surface area (Å²) < 4.78 is 10.2. The number of hydrogen-bond acceptors (Lipinski definition) is 6. The average Bonchev–Trinajstić information content (AvgIpc) is 3.28. The minimum absolute atomic E-state index is 0.0229. The van der Waals surface area contributed by atoms with Crippen molar-refractivity contribution in [2.75, 3.05) is 0 Å². The monoisotopic (exact) mass is 406 g/mol. The van der Waals surface area contributed by atoms with Crippen molar-refractivity contribution < 1.29 is 23.5 Å². The van der Waals surface area contributed by atoms with Gasteiger partial charge in [0.25, 0.3) is 0 Å². The molecule has 1 amide bonds. The fourth-order valence-corrected chi connectivity index (χ4v) is 2.88. The Balaban J connectivity index is 1.63. The van der Waals surface area contributed by atoms with Crippen LogP contribution in [0, 0.1) is 0 Å². The second-order valence-electron chi connectivity index (χ2n) is 6.67. The molecule has 1 aromatic heterocycles. The Kier molecular flexibility index (Phi) is 7.13. The number of primary amides is 1. The van der Waals surface area contributed by atoms with Crippen LogP contribution in [-0.4, -0.2) is 23.9 Å². The van der Waals surface area contributed by atoms with Gasteiger partial charge in [0.2, 0.25) is 5.91 Å². The van der Waals surface area contributed by atoms with Crippen molar-refractivity contribution in [3.63, 3.8) is 0 Å². The summed E-state index contributed by atoms with van der Waals surface area (Å²) in [4.78, 5) is 36.0. The molecule has 0 aliphatic heterocycles. The van der Waals surface area contributed by atoms with Crippen LogP contribution in [0.15, 0.2) is 77.4 Å². The first-order valence-corrected chi connectivity index (χ1v) is 9.48. The first-order valence-electron chi connectivity index (χ1n) is 9.48. The van der Waals surface area contributed by atoms with Crippen LogP contribution in [0.3, 0.4) is 0 Å². The van der Waals surface area contributed by atoms with Gasteiger partial charge in [0.15, 0.2) is 0 Å². The number of hydrogen-bond donors (Lipinski definition) is 2. The van der Waals surface area contributed by atoms with Gasteiger partial charge in [0, 0.05) is 6.42 Å². The number of furan rings is 1. The zero-order valence-electron chi connectivity index (χ0n) is 16.2. The maximum absolute atomic E-state index is 12.5. The molecule has 0 aliphatic carbocycles. The number of nitrogens with two attached hydrogens (primary N) is 1. The summed E-state index contributed by atoms with van der Waals surface area (Å²) in [5, 5.41) is 2.94. The SMILES string of the molecule is NC(=O)CC[C@H](NCc1ccco1)C(=O)OC(=O)c1ccc(-c2ccccc2)cc1. The fraction of sp³-hybridized carbons (Fsp3) is 0.174. The van der Waals surface area contributed by atoms with Gasteiger partial charge in [0.1, 0.15) is 11.8 Å². The van der Waals surface area contributed by atoms with Gasteiger partial charge in [-0.2, -0.15) is 0 Å². The minimum Gasteiger partial charge on any atom is -0.468 e. The molecule has 3 N–H and O–H groups in total. The maximum atomic E-state index is 12.5. The number of benzene rings is 2. The lowest BCUT2D eigenvalue weighted by atomic mass is 10.0. The van der Waals surface area contributed by atoms with E-state index in [0.29, 0.717) is 5.76 Å². The second kappa shape index (κ2) is 10.2. The molecular weight excluding hydrogens is 384 g/mol. The van der Waals surface area contributed by atoms with Crippen molar-refractivity contribution in [1.29, 1.82) is 0 Å².